The van der Waals surface area contributed by atoms with E-state index in [9.17, 15) is 9.59 Å². The predicted octanol–water partition coefficient (Wildman–Crippen LogP) is -0.813. The largest absolute Gasteiger partial charge is 0.480 e. The number of hydrogen-bond acceptors (Lipinski definition) is 4. The molecule has 4 N–H and O–H groups in total. The predicted molar refractivity (Wildman–Crippen MR) is 54.3 cm³/mol. The van der Waals surface area contributed by atoms with Crippen LogP contribution in [-0.2, 0) is 14.3 Å². The molecule has 0 aliphatic carbocycles. The van der Waals surface area contributed by atoms with Gasteiger partial charge in [0.2, 0.25) is 5.91 Å². The van der Waals surface area contributed by atoms with E-state index < -0.39 is 17.9 Å². The van der Waals surface area contributed by atoms with Crippen LogP contribution in [0, 0.1) is 5.92 Å². The topological polar surface area (TPSA) is 102 Å². The maximum absolute atomic E-state index is 11.2. The normalized spacial score (nSPS) is 12.5. The highest BCUT2D eigenvalue weighted by Crippen LogP contribution is 2.01. The molecule has 0 rings (SSSR count). The Labute approximate surface area is 88.8 Å². The van der Waals surface area contributed by atoms with Crippen molar-refractivity contribution in [2.75, 3.05) is 19.8 Å². The zero-order valence-electron chi connectivity index (χ0n) is 9.03. The molecule has 0 aliphatic heterocycles. The summed E-state index contributed by atoms with van der Waals surface area (Å²) >= 11 is 0. The van der Waals surface area contributed by atoms with Gasteiger partial charge in [-0.3, -0.25) is 4.79 Å². The summed E-state index contributed by atoms with van der Waals surface area (Å²) in [4.78, 5) is 21.9. The molecule has 6 heteroatoms. The molecule has 0 heterocycles. The number of nitrogens with two attached hydrogens (primary N) is 1. The third-order valence-corrected chi connectivity index (χ3v) is 1.74. The molecule has 0 aliphatic rings. The lowest BCUT2D eigenvalue weighted by atomic mass is 10.1. The Morgan fingerprint density at radius 2 is 2.07 bits per heavy atom. The van der Waals surface area contributed by atoms with Crippen LogP contribution >= 0.6 is 0 Å². The van der Waals surface area contributed by atoms with Crippen LogP contribution in [0.25, 0.3) is 0 Å². The first-order chi connectivity index (χ1) is 6.99. The van der Waals surface area contributed by atoms with E-state index in [1.165, 1.54) is 0 Å². The van der Waals surface area contributed by atoms with Crippen molar-refractivity contribution in [3.63, 3.8) is 0 Å². The minimum absolute atomic E-state index is 0.159. The smallest absolute Gasteiger partial charge is 0.326 e. The van der Waals surface area contributed by atoms with Gasteiger partial charge in [-0.2, -0.15) is 0 Å². The second-order valence-corrected chi connectivity index (χ2v) is 3.47. The van der Waals surface area contributed by atoms with E-state index in [1.807, 2.05) is 0 Å². The number of carboxylic acid groups (broad SMARTS) is 1. The standard InChI is InChI=1S/C9H18N2O4/c1-6(2)8(9(13)14)11-7(12)5-15-4-3-10/h6,8H,3-5,10H2,1-2H3,(H,11,12)(H,13,14). The summed E-state index contributed by atoms with van der Waals surface area (Å²) in [6.07, 6.45) is 0. The molecule has 0 spiro atoms. The molecule has 88 valence electrons. The maximum Gasteiger partial charge on any atom is 0.326 e. The number of ether oxygens (including phenoxy) is 1. The molecule has 0 aromatic heterocycles. The number of carbonyl (C=O) groups is 2. The van der Waals surface area contributed by atoms with Crippen LogP contribution in [0.1, 0.15) is 13.8 Å². The minimum Gasteiger partial charge on any atom is -0.480 e. The lowest BCUT2D eigenvalue weighted by Gasteiger charge is -2.17. The van der Waals surface area contributed by atoms with Gasteiger partial charge in [-0.15, -0.1) is 0 Å². The molecule has 0 saturated heterocycles. The van der Waals surface area contributed by atoms with Gasteiger partial charge in [0, 0.05) is 6.54 Å². The average molecular weight is 218 g/mol. The summed E-state index contributed by atoms with van der Waals surface area (Å²) in [7, 11) is 0. The molecule has 0 aromatic rings. The van der Waals surface area contributed by atoms with Crippen LogP contribution in [0.2, 0.25) is 0 Å². The van der Waals surface area contributed by atoms with Gasteiger partial charge < -0.3 is 20.9 Å². The van der Waals surface area contributed by atoms with Crippen LogP contribution in [0.3, 0.4) is 0 Å². The van der Waals surface area contributed by atoms with Crippen molar-refractivity contribution >= 4 is 11.9 Å². The number of amides is 1. The average Bonchev–Trinajstić information content (AvgIpc) is 2.13. The quantitative estimate of drug-likeness (QED) is 0.485. The summed E-state index contributed by atoms with van der Waals surface area (Å²) in [6.45, 7) is 3.90. The zero-order chi connectivity index (χ0) is 11.8. The number of nitrogens with one attached hydrogen (secondary N) is 1. The molecule has 1 unspecified atom stereocenters. The second kappa shape index (κ2) is 7.19. The maximum atomic E-state index is 11.2. The Hall–Kier alpha value is -1.14. The first-order valence-corrected chi connectivity index (χ1v) is 4.79. The third-order valence-electron chi connectivity index (χ3n) is 1.74. The second-order valence-electron chi connectivity index (χ2n) is 3.47. The molecule has 0 bridgehead atoms. The van der Waals surface area contributed by atoms with Gasteiger partial charge in [0.25, 0.3) is 0 Å². The van der Waals surface area contributed by atoms with Gasteiger partial charge in [-0.05, 0) is 5.92 Å². The highest BCUT2D eigenvalue weighted by atomic mass is 16.5. The van der Waals surface area contributed by atoms with Crippen LogP contribution in [0.5, 0.6) is 0 Å². The number of hydrogen-bond donors (Lipinski definition) is 3. The van der Waals surface area contributed by atoms with Gasteiger partial charge in [-0.1, -0.05) is 13.8 Å². The lowest BCUT2D eigenvalue weighted by molar-refractivity contribution is -0.143. The Morgan fingerprint density at radius 1 is 1.47 bits per heavy atom. The number of rotatable bonds is 7. The van der Waals surface area contributed by atoms with Gasteiger partial charge in [0.15, 0.2) is 0 Å². The van der Waals surface area contributed by atoms with Crippen molar-refractivity contribution in [3.8, 4) is 0 Å². The first-order valence-electron chi connectivity index (χ1n) is 4.79. The fourth-order valence-corrected chi connectivity index (χ4v) is 0.977. The van der Waals surface area contributed by atoms with Crippen LogP contribution in [0.4, 0.5) is 0 Å². The molecule has 0 radical (unpaired) electrons. The highest BCUT2D eigenvalue weighted by molar-refractivity contribution is 5.84. The molecule has 0 aromatic carbocycles. The number of aliphatic carboxylic acids is 1. The Bertz CT molecular complexity index is 218. The molecule has 0 fully saturated rings. The molecule has 1 atom stereocenters. The number of carboxylic acids is 1. The molecule has 15 heavy (non-hydrogen) atoms. The fraction of sp³-hybridized carbons (Fsp3) is 0.778. The van der Waals surface area contributed by atoms with E-state index in [2.05, 4.69) is 5.32 Å². The summed E-state index contributed by atoms with van der Waals surface area (Å²) in [5.74, 6) is -1.65. The van der Waals surface area contributed by atoms with Gasteiger partial charge in [-0.25, -0.2) is 4.79 Å². The fourth-order valence-electron chi connectivity index (χ4n) is 0.977. The Morgan fingerprint density at radius 3 is 2.47 bits per heavy atom. The highest BCUT2D eigenvalue weighted by Gasteiger charge is 2.22. The summed E-state index contributed by atoms with van der Waals surface area (Å²) in [6, 6.07) is -0.876. The van der Waals surface area contributed by atoms with Crippen LogP contribution in [0.15, 0.2) is 0 Å². The van der Waals surface area contributed by atoms with Crippen molar-refractivity contribution < 1.29 is 19.4 Å². The SMILES string of the molecule is CC(C)C(NC(=O)COCCN)C(=O)O. The van der Waals surface area contributed by atoms with E-state index in [1.54, 1.807) is 13.8 Å². The molecule has 0 saturated carbocycles. The Kier molecular flexibility index (Phi) is 6.64. The van der Waals surface area contributed by atoms with E-state index >= 15 is 0 Å². The monoisotopic (exact) mass is 218 g/mol. The molecule has 1 amide bonds. The first kappa shape index (κ1) is 13.9. The Balaban J connectivity index is 3.95. The zero-order valence-corrected chi connectivity index (χ0v) is 9.03. The van der Waals surface area contributed by atoms with E-state index in [0.717, 1.165) is 0 Å². The van der Waals surface area contributed by atoms with Crippen molar-refractivity contribution in [1.29, 1.82) is 0 Å². The van der Waals surface area contributed by atoms with Gasteiger partial charge in [0.1, 0.15) is 12.6 Å². The molecule has 6 nitrogen and oxygen atoms in total. The number of carbonyl (C=O) groups excluding carboxylic acids is 1. The van der Waals surface area contributed by atoms with Crippen molar-refractivity contribution in [2.24, 2.45) is 11.7 Å². The van der Waals surface area contributed by atoms with Crippen molar-refractivity contribution in [3.05, 3.63) is 0 Å². The van der Waals surface area contributed by atoms with Crippen molar-refractivity contribution in [2.45, 2.75) is 19.9 Å². The van der Waals surface area contributed by atoms with Crippen LogP contribution < -0.4 is 11.1 Å². The lowest BCUT2D eigenvalue weighted by Crippen LogP contribution is -2.45. The van der Waals surface area contributed by atoms with E-state index in [4.69, 9.17) is 15.6 Å². The minimum atomic E-state index is -1.04. The van der Waals surface area contributed by atoms with E-state index in [0.29, 0.717) is 6.54 Å². The molecular formula is C9H18N2O4. The van der Waals surface area contributed by atoms with Gasteiger partial charge >= 0.3 is 5.97 Å². The van der Waals surface area contributed by atoms with E-state index in [-0.39, 0.29) is 19.1 Å². The third kappa shape index (κ3) is 6.03. The summed E-state index contributed by atoms with van der Waals surface area (Å²) in [5, 5.41) is 11.2. The van der Waals surface area contributed by atoms with Gasteiger partial charge in [0.05, 0.1) is 6.61 Å². The molecular weight excluding hydrogens is 200 g/mol. The van der Waals surface area contributed by atoms with Crippen LogP contribution in [-0.4, -0.2) is 42.8 Å². The summed E-state index contributed by atoms with van der Waals surface area (Å²) in [5.41, 5.74) is 5.16. The summed E-state index contributed by atoms with van der Waals surface area (Å²) < 4.78 is 4.87. The van der Waals surface area contributed by atoms with Crippen molar-refractivity contribution in [1.82, 2.24) is 5.32 Å².